The van der Waals surface area contributed by atoms with E-state index in [0.29, 0.717) is 0 Å². The first-order valence-electron chi connectivity index (χ1n) is 7.94. The van der Waals surface area contributed by atoms with Gasteiger partial charge in [-0.05, 0) is 35.2 Å². The summed E-state index contributed by atoms with van der Waals surface area (Å²) in [6, 6.07) is 15.0. The maximum Gasteiger partial charge on any atom is 0.387 e. The van der Waals surface area contributed by atoms with Crippen molar-refractivity contribution < 1.29 is 13.5 Å². The number of ether oxygens (including phenoxy) is 1. The predicted octanol–water partition coefficient (Wildman–Crippen LogP) is 6.38. The first-order chi connectivity index (χ1) is 11.8. The highest BCUT2D eigenvalue weighted by molar-refractivity contribution is 7.13. The summed E-state index contributed by atoms with van der Waals surface area (Å²) in [5.74, 6) is 0.145. The van der Waals surface area contributed by atoms with Gasteiger partial charge in [-0.2, -0.15) is 8.78 Å². The SMILES string of the molecule is CC(C)(C)c1ccc(-c2nc(-c3ccc(OC(F)F)cc3)cs2)cc1. The minimum atomic E-state index is -2.81. The van der Waals surface area contributed by atoms with Crippen molar-refractivity contribution in [2.45, 2.75) is 32.8 Å². The summed E-state index contributed by atoms with van der Waals surface area (Å²) in [5.41, 5.74) is 4.16. The quantitative estimate of drug-likeness (QED) is 0.539. The normalized spacial score (nSPS) is 11.8. The molecule has 0 atom stereocenters. The summed E-state index contributed by atoms with van der Waals surface area (Å²) in [4.78, 5) is 4.66. The Bertz CT molecular complexity index is 833. The van der Waals surface area contributed by atoms with Crippen molar-refractivity contribution >= 4 is 11.3 Å². The Hall–Kier alpha value is -2.27. The fourth-order valence-electron chi connectivity index (χ4n) is 2.46. The lowest BCUT2D eigenvalue weighted by atomic mass is 9.87. The van der Waals surface area contributed by atoms with Crippen molar-refractivity contribution in [3.63, 3.8) is 0 Å². The van der Waals surface area contributed by atoms with E-state index in [4.69, 9.17) is 0 Å². The Morgan fingerprint density at radius 2 is 1.52 bits per heavy atom. The van der Waals surface area contributed by atoms with Gasteiger partial charge in [0.05, 0.1) is 5.69 Å². The van der Waals surface area contributed by atoms with E-state index in [1.165, 1.54) is 17.7 Å². The van der Waals surface area contributed by atoms with E-state index in [1.54, 1.807) is 23.5 Å². The molecule has 0 saturated heterocycles. The van der Waals surface area contributed by atoms with E-state index in [-0.39, 0.29) is 11.2 Å². The molecular weight excluding hydrogens is 340 g/mol. The molecule has 3 aromatic rings. The molecule has 2 aromatic carbocycles. The van der Waals surface area contributed by atoms with Crippen LogP contribution in [0.1, 0.15) is 26.3 Å². The molecule has 0 aliphatic carbocycles. The second-order valence-corrected chi connectivity index (χ2v) is 7.63. The van der Waals surface area contributed by atoms with Crippen LogP contribution in [0.15, 0.2) is 53.9 Å². The molecular formula is C20H19F2NOS. The minimum Gasteiger partial charge on any atom is -0.435 e. The Morgan fingerprint density at radius 1 is 0.920 bits per heavy atom. The Morgan fingerprint density at radius 3 is 2.08 bits per heavy atom. The van der Waals surface area contributed by atoms with Crippen LogP contribution in [-0.4, -0.2) is 11.6 Å². The van der Waals surface area contributed by atoms with Crippen LogP contribution in [0.2, 0.25) is 0 Å². The zero-order valence-electron chi connectivity index (χ0n) is 14.3. The van der Waals surface area contributed by atoms with E-state index >= 15 is 0 Å². The number of halogens is 2. The van der Waals surface area contributed by atoms with Gasteiger partial charge < -0.3 is 4.74 Å². The third-order valence-corrected chi connectivity index (χ3v) is 4.77. The largest absolute Gasteiger partial charge is 0.435 e. The minimum absolute atomic E-state index is 0.120. The zero-order chi connectivity index (χ0) is 18.0. The van der Waals surface area contributed by atoms with Gasteiger partial charge in [-0.15, -0.1) is 11.3 Å². The van der Waals surface area contributed by atoms with Crippen LogP contribution in [0.3, 0.4) is 0 Å². The van der Waals surface area contributed by atoms with E-state index in [0.717, 1.165) is 21.8 Å². The molecule has 0 amide bonds. The summed E-state index contributed by atoms with van der Waals surface area (Å²) in [7, 11) is 0. The van der Waals surface area contributed by atoms with Crippen LogP contribution in [-0.2, 0) is 5.41 Å². The van der Waals surface area contributed by atoms with Crippen molar-refractivity contribution in [1.29, 1.82) is 0 Å². The lowest BCUT2D eigenvalue weighted by Crippen LogP contribution is -2.10. The first-order valence-corrected chi connectivity index (χ1v) is 8.82. The van der Waals surface area contributed by atoms with Crippen LogP contribution >= 0.6 is 11.3 Å². The maximum atomic E-state index is 12.2. The molecule has 130 valence electrons. The Labute approximate surface area is 150 Å². The second kappa shape index (κ2) is 6.92. The third kappa shape index (κ3) is 4.23. The number of thiazole rings is 1. The monoisotopic (exact) mass is 359 g/mol. The molecule has 0 aliphatic rings. The third-order valence-electron chi connectivity index (χ3n) is 3.88. The molecule has 0 fully saturated rings. The molecule has 5 heteroatoms. The molecule has 1 aromatic heterocycles. The summed E-state index contributed by atoms with van der Waals surface area (Å²) in [5, 5.41) is 2.90. The number of rotatable bonds is 4. The van der Waals surface area contributed by atoms with Crippen molar-refractivity contribution in [2.75, 3.05) is 0 Å². The molecule has 0 radical (unpaired) electrons. The standard InChI is InChI=1S/C20H19F2NOS/c1-20(2,3)15-8-4-14(5-9-15)18-23-17(12-25-18)13-6-10-16(11-7-13)24-19(21)22/h4-12,19H,1-3H3. The van der Waals surface area contributed by atoms with Gasteiger partial charge in [0, 0.05) is 16.5 Å². The molecule has 0 saturated carbocycles. The van der Waals surface area contributed by atoms with Crippen LogP contribution in [0.5, 0.6) is 5.75 Å². The smallest absolute Gasteiger partial charge is 0.387 e. The van der Waals surface area contributed by atoms with Gasteiger partial charge in [-0.25, -0.2) is 4.98 Å². The highest BCUT2D eigenvalue weighted by atomic mass is 32.1. The summed E-state index contributed by atoms with van der Waals surface area (Å²) in [6.07, 6.45) is 0. The summed E-state index contributed by atoms with van der Waals surface area (Å²) < 4.78 is 28.8. The average molecular weight is 359 g/mol. The maximum absolute atomic E-state index is 12.2. The fourth-order valence-corrected chi connectivity index (χ4v) is 3.29. The molecule has 0 bridgehead atoms. The number of hydrogen-bond acceptors (Lipinski definition) is 3. The van der Waals surface area contributed by atoms with Gasteiger partial charge in [0.2, 0.25) is 0 Å². The van der Waals surface area contributed by atoms with Crippen molar-refractivity contribution in [3.05, 3.63) is 59.5 Å². The van der Waals surface area contributed by atoms with Gasteiger partial charge in [0.1, 0.15) is 10.8 Å². The fraction of sp³-hybridized carbons (Fsp3) is 0.250. The van der Waals surface area contributed by atoms with Gasteiger partial charge in [-0.3, -0.25) is 0 Å². The van der Waals surface area contributed by atoms with Crippen LogP contribution in [0.25, 0.3) is 21.8 Å². The number of alkyl halides is 2. The van der Waals surface area contributed by atoms with E-state index < -0.39 is 6.61 Å². The lowest BCUT2D eigenvalue weighted by molar-refractivity contribution is -0.0498. The Balaban J connectivity index is 1.80. The zero-order valence-corrected chi connectivity index (χ0v) is 15.1. The number of benzene rings is 2. The summed E-state index contributed by atoms with van der Waals surface area (Å²) >= 11 is 1.56. The van der Waals surface area contributed by atoms with Crippen molar-refractivity contribution in [1.82, 2.24) is 4.98 Å². The molecule has 25 heavy (non-hydrogen) atoms. The number of nitrogens with zero attached hydrogens (tertiary/aromatic N) is 1. The molecule has 0 aliphatic heterocycles. The Kier molecular flexibility index (Phi) is 4.86. The number of aromatic nitrogens is 1. The van der Waals surface area contributed by atoms with Crippen molar-refractivity contribution in [3.8, 4) is 27.6 Å². The molecule has 2 nitrogen and oxygen atoms in total. The summed E-state index contributed by atoms with van der Waals surface area (Å²) in [6.45, 7) is 3.74. The highest BCUT2D eigenvalue weighted by Gasteiger charge is 2.14. The van der Waals surface area contributed by atoms with Crippen LogP contribution in [0, 0.1) is 0 Å². The number of hydrogen-bond donors (Lipinski definition) is 0. The second-order valence-electron chi connectivity index (χ2n) is 6.77. The van der Waals surface area contributed by atoms with Gasteiger partial charge in [-0.1, -0.05) is 45.0 Å². The van der Waals surface area contributed by atoms with Crippen LogP contribution in [0.4, 0.5) is 8.78 Å². The molecule has 0 spiro atoms. The van der Waals surface area contributed by atoms with Gasteiger partial charge in [0.15, 0.2) is 0 Å². The van der Waals surface area contributed by atoms with Crippen LogP contribution < -0.4 is 4.74 Å². The van der Waals surface area contributed by atoms with E-state index in [2.05, 4.69) is 54.8 Å². The topological polar surface area (TPSA) is 22.1 Å². The van der Waals surface area contributed by atoms with Gasteiger partial charge in [0.25, 0.3) is 0 Å². The highest BCUT2D eigenvalue weighted by Crippen LogP contribution is 2.31. The molecule has 0 unspecified atom stereocenters. The molecule has 3 rings (SSSR count). The molecule has 0 N–H and O–H groups in total. The average Bonchev–Trinajstić information content (AvgIpc) is 3.04. The molecule has 1 heterocycles. The van der Waals surface area contributed by atoms with E-state index in [1.807, 2.05) is 5.38 Å². The lowest BCUT2D eigenvalue weighted by Gasteiger charge is -2.18. The predicted molar refractivity (Wildman–Crippen MR) is 98.3 cm³/mol. The van der Waals surface area contributed by atoms with Crippen molar-refractivity contribution in [2.24, 2.45) is 0 Å². The first kappa shape index (κ1) is 17.5. The van der Waals surface area contributed by atoms with Gasteiger partial charge >= 0.3 is 6.61 Å². The van der Waals surface area contributed by atoms with E-state index in [9.17, 15) is 8.78 Å².